The fraction of sp³-hybridized carbons (Fsp3) is 0.917. The van der Waals surface area contributed by atoms with Crippen molar-refractivity contribution in [3.63, 3.8) is 0 Å². The molecule has 2 amide bonds. The van der Waals surface area contributed by atoms with Crippen LogP contribution in [-0.2, 0) is 4.74 Å². The standard InChI is InChI=1S/C12H22N2O3/c1-12(8-15,9-4-5-9)14-11(16)13-7-10-3-2-6-17-10/h9-10,15H,2-8H2,1H3,(H2,13,14,16)/t10-,12-/m1/s1. The molecular weight excluding hydrogens is 220 g/mol. The van der Waals surface area contributed by atoms with E-state index in [2.05, 4.69) is 10.6 Å². The highest BCUT2D eigenvalue weighted by Crippen LogP contribution is 2.39. The Kier molecular flexibility index (Phi) is 3.89. The third-order valence-corrected chi connectivity index (χ3v) is 3.72. The van der Waals surface area contributed by atoms with Gasteiger partial charge in [0.15, 0.2) is 0 Å². The molecule has 2 fully saturated rings. The molecule has 0 spiro atoms. The van der Waals surface area contributed by atoms with Crippen LogP contribution in [0.25, 0.3) is 0 Å². The van der Waals surface area contributed by atoms with E-state index in [0.29, 0.717) is 12.5 Å². The van der Waals surface area contributed by atoms with Crippen LogP contribution in [0.15, 0.2) is 0 Å². The molecule has 5 heteroatoms. The van der Waals surface area contributed by atoms with Gasteiger partial charge in [-0.2, -0.15) is 0 Å². The minimum atomic E-state index is -0.472. The molecule has 0 aromatic carbocycles. The van der Waals surface area contributed by atoms with Crippen molar-refractivity contribution in [2.45, 2.75) is 44.2 Å². The number of rotatable bonds is 5. The van der Waals surface area contributed by atoms with Crippen molar-refractivity contribution in [1.29, 1.82) is 0 Å². The third kappa shape index (κ3) is 3.33. The molecule has 0 unspecified atom stereocenters. The van der Waals surface area contributed by atoms with E-state index in [1.54, 1.807) is 0 Å². The van der Waals surface area contributed by atoms with Gasteiger partial charge in [0.2, 0.25) is 0 Å². The summed E-state index contributed by atoms with van der Waals surface area (Å²) in [6.07, 6.45) is 4.42. The van der Waals surface area contributed by atoms with E-state index in [1.807, 2.05) is 6.92 Å². The van der Waals surface area contributed by atoms with Gasteiger partial charge in [0.25, 0.3) is 0 Å². The lowest BCUT2D eigenvalue weighted by Gasteiger charge is -2.29. The summed E-state index contributed by atoms with van der Waals surface area (Å²) in [5.74, 6) is 0.418. The van der Waals surface area contributed by atoms with Crippen LogP contribution in [0, 0.1) is 5.92 Å². The lowest BCUT2D eigenvalue weighted by Crippen LogP contribution is -2.54. The summed E-state index contributed by atoms with van der Waals surface area (Å²) in [7, 11) is 0. The van der Waals surface area contributed by atoms with Crippen molar-refractivity contribution in [1.82, 2.24) is 10.6 Å². The highest BCUT2D eigenvalue weighted by molar-refractivity contribution is 5.74. The third-order valence-electron chi connectivity index (χ3n) is 3.72. The lowest BCUT2D eigenvalue weighted by atomic mass is 9.97. The molecule has 0 radical (unpaired) electrons. The summed E-state index contributed by atoms with van der Waals surface area (Å²) >= 11 is 0. The van der Waals surface area contributed by atoms with Crippen LogP contribution in [0.2, 0.25) is 0 Å². The number of amides is 2. The molecule has 1 aliphatic carbocycles. The summed E-state index contributed by atoms with van der Waals surface area (Å²) in [6.45, 7) is 3.24. The molecule has 1 aliphatic heterocycles. The number of carbonyl (C=O) groups excluding carboxylic acids is 1. The van der Waals surface area contributed by atoms with Gasteiger partial charge < -0.3 is 20.5 Å². The predicted octanol–water partition coefficient (Wildman–Crippen LogP) is 0.626. The summed E-state index contributed by atoms with van der Waals surface area (Å²) in [4.78, 5) is 11.7. The van der Waals surface area contributed by atoms with Gasteiger partial charge in [-0.15, -0.1) is 0 Å². The highest BCUT2D eigenvalue weighted by atomic mass is 16.5. The Morgan fingerprint density at radius 2 is 2.24 bits per heavy atom. The largest absolute Gasteiger partial charge is 0.394 e. The average molecular weight is 242 g/mol. The van der Waals surface area contributed by atoms with Crippen LogP contribution in [0.3, 0.4) is 0 Å². The molecule has 17 heavy (non-hydrogen) atoms. The number of hydrogen-bond donors (Lipinski definition) is 3. The van der Waals surface area contributed by atoms with Gasteiger partial charge in [-0.25, -0.2) is 4.79 Å². The van der Waals surface area contributed by atoms with Crippen molar-refractivity contribution in [2.75, 3.05) is 19.8 Å². The number of hydrogen-bond acceptors (Lipinski definition) is 3. The molecular formula is C12H22N2O3. The Morgan fingerprint density at radius 1 is 1.47 bits per heavy atom. The van der Waals surface area contributed by atoms with Gasteiger partial charge >= 0.3 is 6.03 Å². The van der Waals surface area contributed by atoms with E-state index < -0.39 is 5.54 Å². The molecule has 98 valence electrons. The molecule has 3 N–H and O–H groups in total. The van der Waals surface area contributed by atoms with Crippen LogP contribution >= 0.6 is 0 Å². The van der Waals surface area contributed by atoms with Gasteiger partial charge in [-0.1, -0.05) is 0 Å². The molecule has 2 rings (SSSR count). The van der Waals surface area contributed by atoms with Crippen LogP contribution < -0.4 is 10.6 Å². The Bertz CT molecular complexity index is 275. The molecule has 2 aliphatic rings. The van der Waals surface area contributed by atoms with Crippen molar-refractivity contribution in [3.8, 4) is 0 Å². The van der Waals surface area contributed by atoms with E-state index in [0.717, 1.165) is 32.3 Å². The Hall–Kier alpha value is -0.810. The van der Waals surface area contributed by atoms with Gasteiger partial charge in [-0.05, 0) is 38.5 Å². The fourth-order valence-corrected chi connectivity index (χ4v) is 2.31. The number of nitrogens with one attached hydrogen (secondary N) is 2. The molecule has 1 heterocycles. The first-order chi connectivity index (χ1) is 8.14. The minimum Gasteiger partial charge on any atom is -0.394 e. The molecule has 0 bridgehead atoms. The number of carbonyl (C=O) groups is 1. The number of ether oxygens (including phenoxy) is 1. The zero-order chi connectivity index (χ0) is 12.3. The van der Waals surface area contributed by atoms with Gasteiger partial charge in [0.05, 0.1) is 18.2 Å². The Balaban J connectivity index is 1.71. The summed E-state index contributed by atoms with van der Waals surface area (Å²) < 4.78 is 5.43. The average Bonchev–Trinajstić information content (AvgIpc) is 3.05. The molecule has 0 aromatic rings. The van der Waals surface area contributed by atoms with E-state index >= 15 is 0 Å². The predicted molar refractivity (Wildman–Crippen MR) is 63.7 cm³/mol. The lowest BCUT2D eigenvalue weighted by molar-refractivity contribution is 0.109. The van der Waals surface area contributed by atoms with Gasteiger partial charge in [-0.3, -0.25) is 0 Å². The SMILES string of the molecule is C[C@](CO)(NC(=O)NC[C@H]1CCCO1)C1CC1. The first-order valence-corrected chi connectivity index (χ1v) is 6.42. The minimum absolute atomic E-state index is 0.00891. The van der Waals surface area contributed by atoms with Crippen molar-refractivity contribution in [2.24, 2.45) is 5.92 Å². The summed E-state index contributed by atoms with van der Waals surface area (Å²) in [5.41, 5.74) is -0.472. The number of aliphatic hydroxyl groups excluding tert-OH is 1. The van der Waals surface area contributed by atoms with E-state index in [-0.39, 0.29) is 18.7 Å². The Morgan fingerprint density at radius 3 is 2.76 bits per heavy atom. The monoisotopic (exact) mass is 242 g/mol. The molecule has 5 nitrogen and oxygen atoms in total. The van der Waals surface area contributed by atoms with Crippen molar-refractivity contribution < 1.29 is 14.6 Å². The molecule has 2 atom stereocenters. The maximum atomic E-state index is 11.7. The number of aliphatic hydroxyl groups is 1. The fourth-order valence-electron chi connectivity index (χ4n) is 2.31. The van der Waals surface area contributed by atoms with Gasteiger partial charge in [0.1, 0.15) is 0 Å². The second-order valence-corrected chi connectivity index (χ2v) is 5.32. The zero-order valence-corrected chi connectivity index (χ0v) is 10.4. The normalized spacial score (nSPS) is 27.5. The van der Waals surface area contributed by atoms with Gasteiger partial charge in [0, 0.05) is 13.2 Å². The van der Waals surface area contributed by atoms with Crippen molar-refractivity contribution >= 4 is 6.03 Å². The number of urea groups is 1. The first kappa shape index (κ1) is 12.6. The second-order valence-electron chi connectivity index (χ2n) is 5.32. The first-order valence-electron chi connectivity index (χ1n) is 6.42. The molecule has 1 saturated carbocycles. The second kappa shape index (κ2) is 5.23. The maximum Gasteiger partial charge on any atom is 0.315 e. The van der Waals surface area contributed by atoms with Crippen LogP contribution in [0.4, 0.5) is 4.79 Å². The van der Waals surface area contributed by atoms with E-state index in [4.69, 9.17) is 4.74 Å². The topological polar surface area (TPSA) is 70.6 Å². The quantitative estimate of drug-likeness (QED) is 0.662. The van der Waals surface area contributed by atoms with E-state index in [9.17, 15) is 9.90 Å². The van der Waals surface area contributed by atoms with Crippen LogP contribution in [-0.4, -0.2) is 42.5 Å². The van der Waals surface area contributed by atoms with E-state index in [1.165, 1.54) is 0 Å². The smallest absolute Gasteiger partial charge is 0.315 e. The molecule has 1 saturated heterocycles. The van der Waals surface area contributed by atoms with Crippen LogP contribution in [0.1, 0.15) is 32.6 Å². The molecule has 0 aromatic heterocycles. The zero-order valence-electron chi connectivity index (χ0n) is 10.4. The maximum absolute atomic E-state index is 11.7. The summed E-state index contributed by atoms with van der Waals surface area (Å²) in [5, 5.41) is 15.0. The highest BCUT2D eigenvalue weighted by Gasteiger charge is 2.42. The van der Waals surface area contributed by atoms with Crippen LogP contribution in [0.5, 0.6) is 0 Å². The van der Waals surface area contributed by atoms with Crippen molar-refractivity contribution in [3.05, 3.63) is 0 Å². The Labute approximate surface area is 102 Å². The summed E-state index contributed by atoms with van der Waals surface area (Å²) in [6, 6.07) is -0.205.